The zero-order valence-electron chi connectivity index (χ0n) is 44.5. The molecule has 3 heterocycles. The van der Waals surface area contributed by atoms with E-state index >= 15 is 0 Å². The molecule has 0 unspecified atom stereocenters. The number of rotatable bonds is 9. The Kier molecular flexibility index (Phi) is 7.14. The molecular weight excluding hydrogens is 745 g/mol. The molecule has 0 spiro atoms. The van der Waals surface area contributed by atoms with Crippen molar-refractivity contribution in [3.05, 3.63) is 199 Å². The van der Waals surface area contributed by atoms with Crippen molar-refractivity contribution >= 4 is 32.8 Å². The van der Waals surface area contributed by atoms with E-state index in [1.807, 2.05) is 77.5 Å². The van der Waals surface area contributed by atoms with Crippen LogP contribution in [0.25, 0.3) is 72.3 Å². The van der Waals surface area contributed by atoms with Crippen molar-refractivity contribution in [3.63, 3.8) is 0 Å². The molecule has 61 heavy (non-hydrogen) atoms. The van der Waals surface area contributed by atoms with E-state index in [-0.39, 0.29) is 39.3 Å². The number of pyridine rings is 1. The molecule has 0 N–H and O–H groups in total. The zero-order valence-corrected chi connectivity index (χ0v) is 34.5. The molecule has 0 atom stereocenters. The molecule has 7 aromatic carbocycles. The van der Waals surface area contributed by atoms with Gasteiger partial charge in [0.15, 0.2) is 0 Å². The quantitative estimate of drug-likeness (QED) is 0.108. The second-order valence-corrected chi connectivity index (χ2v) is 16.7. The summed E-state index contributed by atoms with van der Waals surface area (Å²) in [5.41, 5.74) is 6.23. The van der Waals surface area contributed by atoms with Crippen molar-refractivity contribution < 1.29 is 23.0 Å². The van der Waals surface area contributed by atoms with Crippen LogP contribution in [0.1, 0.15) is 59.5 Å². The lowest BCUT2D eigenvalue weighted by atomic mass is 9.88. The summed E-state index contributed by atoms with van der Waals surface area (Å²) >= 11 is 0. The lowest BCUT2D eigenvalue weighted by Gasteiger charge is -2.20. The number of imidazole rings is 1. The van der Waals surface area contributed by atoms with Crippen LogP contribution in [0.5, 0.6) is 11.5 Å². The molecule has 0 radical (unpaired) electrons. The third-order valence-electron chi connectivity index (χ3n) is 11.0. The average molecular weight is 803 g/mol. The van der Waals surface area contributed by atoms with Gasteiger partial charge in [0, 0.05) is 23.0 Å². The Morgan fingerprint density at radius 2 is 1.36 bits per heavy atom. The molecule has 10 aromatic rings. The first-order chi connectivity index (χ1) is 33.8. The molecule has 0 aliphatic carbocycles. The number of nitrogens with zero attached hydrogens (tertiary/aromatic N) is 4. The van der Waals surface area contributed by atoms with Gasteiger partial charge in [-0.25, -0.2) is 4.98 Å². The first-order valence-corrected chi connectivity index (χ1v) is 20.4. The van der Waals surface area contributed by atoms with Crippen LogP contribution in [0.3, 0.4) is 0 Å². The normalized spacial score (nSPS) is 14.2. The Labute approximate surface area is 371 Å². The predicted octanol–water partition coefficient (Wildman–Crippen LogP) is 13.8. The lowest BCUT2D eigenvalue weighted by molar-refractivity contribution is -0.571. The topological polar surface area (TPSA) is 35.9 Å². The van der Waals surface area contributed by atoms with Gasteiger partial charge >= 0.3 is 0 Å². The van der Waals surface area contributed by atoms with Gasteiger partial charge in [0.1, 0.15) is 17.3 Å². The number of hydrogen-bond acceptors (Lipinski definition) is 2. The molecule has 0 aliphatic heterocycles. The van der Waals surface area contributed by atoms with Gasteiger partial charge in [-0.05, 0) is 100 Å². The van der Waals surface area contributed by atoms with Gasteiger partial charge in [-0.1, -0.05) is 155 Å². The summed E-state index contributed by atoms with van der Waals surface area (Å²) in [6, 6.07) is 31.7. The Bertz CT molecular complexity index is 3670. The van der Waals surface area contributed by atoms with E-state index in [4.69, 9.17) is 23.4 Å². The summed E-state index contributed by atoms with van der Waals surface area (Å²) < 4.78 is 100. The molecule has 0 bridgehead atoms. The molecule has 0 saturated heterocycles. The van der Waals surface area contributed by atoms with Gasteiger partial charge in [0.2, 0.25) is 0 Å². The number of benzene rings is 7. The van der Waals surface area contributed by atoms with Crippen LogP contribution >= 0.6 is 0 Å². The predicted molar refractivity (Wildman–Crippen MR) is 250 cm³/mol. The van der Waals surface area contributed by atoms with E-state index in [0.717, 1.165) is 38.8 Å². The molecule has 5 heteroatoms. The highest BCUT2D eigenvalue weighted by Crippen LogP contribution is 2.38. The van der Waals surface area contributed by atoms with Crippen LogP contribution in [0.15, 0.2) is 182 Å². The molecule has 0 saturated carbocycles. The summed E-state index contributed by atoms with van der Waals surface area (Å²) in [5, 5.41) is 2.13. The summed E-state index contributed by atoms with van der Waals surface area (Å²) in [7, 11) is 0. The number of hydrogen-bond donors (Lipinski definition) is 0. The van der Waals surface area contributed by atoms with Crippen LogP contribution in [0, 0.1) is 12.2 Å². The van der Waals surface area contributed by atoms with Gasteiger partial charge < -0.3 is 4.74 Å². The second kappa shape index (κ2) is 15.4. The van der Waals surface area contributed by atoms with E-state index in [1.54, 1.807) is 22.8 Å². The van der Waals surface area contributed by atoms with E-state index in [2.05, 4.69) is 75.8 Å². The molecule has 0 amide bonds. The monoisotopic (exact) mass is 802 g/mol. The maximum absolute atomic E-state index is 9.10. The highest BCUT2D eigenvalue weighted by molar-refractivity contribution is 6.09. The third-order valence-corrected chi connectivity index (χ3v) is 11.0. The number of para-hydroxylation sites is 2. The molecule has 0 fully saturated rings. The number of aromatic nitrogens is 4. The van der Waals surface area contributed by atoms with E-state index in [9.17, 15) is 0 Å². The summed E-state index contributed by atoms with van der Waals surface area (Å²) in [4.78, 5) is 4.84. The molecule has 10 rings (SSSR count). The van der Waals surface area contributed by atoms with Crippen molar-refractivity contribution in [2.45, 2.75) is 46.5 Å². The largest absolute Gasteiger partial charge is 0.458 e. The zero-order chi connectivity index (χ0) is 50.4. The van der Waals surface area contributed by atoms with Crippen molar-refractivity contribution in [3.8, 4) is 50.9 Å². The molecule has 0 aliphatic rings. The van der Waals surface area contributed by atoms with E-state index in [0.29, 0.717) is 34.6 Å². The van der Waals surface area contributed by atoms with Crippen LogP contribution in [0.2, 0.25) is 0 Å². The lowest BCUT2D eigenvalue weighted by Crippen LogP contribution is -2.31. The highest BCUT2D eigenvalue weighted by atomic mass is 16.5. The van der Waals surface area contributed by atoms with Crippen molar-refractivity contribution in [2.24, 2.45) is 5.92 Å². The van der Waals surface area contributed by atoms with Gasteiger partial charge in [0.05, 0.1) is 47.1 Å². The number of fused-ring (bicyclic) bond motifs is 4. The highest BCUT2D eigenvalue weighted by Gasteiger charge is 2.22. The van der Waals surface area contributed by atoms with Gasteiger partial charge in [-0.2, -0.15) is 0 Å². The minimum Gasteiger partial charge on any atom is -0.458 e. The Morgan fingerprint density at radius 3 is 2.08 bits per heavy atom. The van der Waals surface area contributed by atoms with Gasteiger partial charge in [-0.15, -0.1) is 0 Å². The summed E-state index contributed by atoms with van der Waals surface area (Å²) in [5.74, 6) is 2.20. The van der Waals surface area contributed by atoms with Gasteiger partial charge in [0.25, 0.3) is 6.33 Å². The SMILES string of the molecule is [2H]c1c([2H])c([2H])c(-c2cccc(-c3c([2H])c([2H])c([2H])c([2H])c3[2H])c2-[n+]2[c-]n(-c3cccc(Oc4ccc5c6ccccc6n(-c6cc(C(C)(C)C)ccn6)c5c4)c3)c3ccc(CC(C)C)cc32)c([2H])c1[2H]. The Morgan fingerprint density at radius 1 is 0.672 bits per heavy atom. The van der Waals surface area contributed by atoms with Crippen LogP contribution < -0.4 is 9.30 Å². The second-order valence-electron chi connectivity index (χ2n) is 16.7. The Hall–Kier alpha value is -7.24. The smallest absolute Gasteiger partial charge is 0.269 e. The molecule has 298 valence electrons. The third kappa shape index (κ3) is 7.16. The van der Waals surface area contributed by atoms with Crippen LogP contribution in [0.4, 0.5) is 0 Å². The minimum absolute atomic E-state index is 0.0891. The van der Waals surface area contributed by atoms with Crippen molar-refractivity contribution in [2.75, 3.05) is 0 Å². The van der Waals surface area contributed by atoms with E-state index < -0.39 is 60.4 Å². The molecule has 3 aromatic heterocycles. The fourth-order valence-electron chi connectivity index (χ4n) is 8.16. The van der Waals surface area contributed by atoms with Crippen LogP contribution in [-0.2, 0) is 11.8 Å². The van der Waals surface area contributed by atoms with Crippen molar-refractivity contribution in [1.82, 2.24) is 14.1 Å². The fourth-order valence-corrected chi connectivity index (χ4v) is 8.16. The summed E-state index contributed by atoms with van der Waals surface area (Å²) in [6.45, 7) is 10.8. The van der Waals surface area contributed by atoms with Crippen molar-refractivity contribution in [1.29, 1.82) is 0 Å². The maximum atomic E-state index is 9.10. The standard InChI is InChI=1S/C56H48N4O/c1-38(2)32-39-26-29-51-53(33-39)59(55-46(40-16-8-6-9-17-40)23-15-24-47(55)41-18-10-7-11-19-41)37-58(51)43-20-14-21-44(35-43)61-45-27-28-49-48-22-12-13-25-50(48)60(52(49)36-45)54-34-42(30-31-57-54)56(3,4)5/h6-31,33-36,38H,32H2,1-5H3/i6D,7D,8D,9D,10D,11D,16D,17D,18D,19D. The van der Waals surface area contributed by atoms with Crippen LogP contribution in [-0.4, -0.2) is 14.1 Å². The fraction of sp³-hybridized carbons (Fsp3) is 0.143. The molecular formula is C56H48N4O. The van der Waals surface area contributed by atoms with Gasteiger partial charge in [-0.3, -0.25) is 13.7 Å². The molecule has 5 nitrogen and oxygen atoms in total. The van der Waals surface area contributed by atoms with E-state index in [1.165, 1.54) is 0 Å². The maximum Gasteiger partial charge on any atom is 0.269 e. The number of ether oxygens (including phenoxy) is 1. The average Bonchev–Trinajstić information content (AvgIpc) is 3.89. The first-order valence-electron chi connectivity index (χ1n) is 25.4. The summed E-state index contributed by atoms with van der Waals surface area (Å²) in [6.07, 6.45) is 6.08. The first kappa shape index (κ1) is 28.3. The minimum atomic E-state index is -0.562. The Balaban J connectivity index is 1.18.